The average Bonchev–Trinajstić information content (AvgIpc) is 2.91. The summed E-state index contributed by atoms with van der Waals surface area (Å²) >= 11 is 0. The van der Waals surface area contributed by atoms with Crippen molar-refractivity contribution in [3.05, 3.63) is 35.9 Å². The largest absolute Gasteiger partial charge is 0.371 e. The predicted molar refractivity (Wildman–Crippen MR) is 82.4 cm³/mol. The summed E-state index contributed by atoms with van der Waals surface area (Å²) < 4.78 is 18.9. The number of hydrogen-bond acceptors (Lipinski definition) is 3. The van der Waals surface area contributed by atoms with E-state index in [4.69, 9.17) is 4.74 Å². The first-order valence-electron chi connectivity index (χ1n) is 8.00. The quantitative estimate of drug-likeness (QED) is 0.773. The molecule has 0 aromatic heterocycles. The summed E-state index contributed by atoms with van der Waals surface area (Å²) in [5.74, 6) is 0.0232. The molecule has 5 heteroatoms. The van der Waals surface area contributed by atoms with E-state index in [1.54, 1.807) is 0 Å². The van der Waals surface area contributed by atoms with Crippen LogP contribution in [0.5, 0.6) is 0 Å². The lowest BCUT2D eigenvalue weighted by Crippen LogP contribution is -2.52. The number of fused-ring (bicyclic) bond motifs is 1. The van der Waals surface area contributed by atoms with Gasteiger partial charge in [0.15, 0.2) is 0 Å². The van der Waals surface area contributed by atoms with Gasteiger partial charge in [0.25, 0.3) is 0 Å². The highest BCUT2D eigenvalue weighted by Crippen LogP contribution is 2.23. The maximum Gasteiger partial charge on any atom is 0.248 e. The van der Waals surface area contributed by atoms with Gasteiger partial charge in [-0.25, -0.2) is 4.39 Å². The van der Waals surface area contributed by atoms with Crippen LogP contribution >= 0.6 is 0 Å². The van der Waals surface area contributed by atoms with Gasteiger partial charge < -0.3 is 9.64 Å². The van der Waals surface area contributed by atoms with Crippen LogP contribution in [0.4, 0.5) is 4.39 Å². The van der Waals surface area contributed by atoms with E-state index in [1.807, 2.05) is 23.1 Å². The summed E-state index contributed by atoms with van der Waals surface area (Å²) in [6.07, 6.45) is 0.634. The molecule has 2 atom stereocenters. The van der Waals surface area contributed by atoms with E-state index in [0.29, 0.717) is 32.7 Å². The Kier molecular flexibility index (Phi) is 5.05. The maximum atomic E-state index is 13.4. The van der Waals surface area contributed by atoms with E-state index >= 15 is 0 Å². The minimum atomic E-state index is -0.734. The Morgan fingerprint density at radius 1 is 1.23 bits per heavy atom. The van der Waals surface area contributed by atoms with Crippen LogP contribution in [0, 0.1) is 0 Å². The summed E-state index contributed by atoms with van der Waals surface area (Å²) in [5.41, 5.74) is 1.21. The molecule has 2 fully saturated rings. The zero-order valence-corrected chi connectivity index (χ0v) is 12.8. The van der Waals surface area contributed by atoms with Gasteiger partial charge in [-0.05, 0) is 18.4 Å². The Morgan fingerprint density at radius 3 is 2.86 bits per heavy atom. The molecule has 0 radical (unpaired) electrons. The highest BCUT2D eigenvalue weighted by atomic mass is 19.1. The standard InChI is InChI=1S/C17H23FN2O2/c18-15-10-16-12-20(8-7-19(16)11-15)17(21)13-22-9-6-14-4-2-1-3-5-14/h1-5,15-16H,6-13H2/t15-,16-/m0/s1. The van der Waals surface area contributed by atoms with Gasteiger partial charge in [0.1, 0.15) is 12.8 Å². The number of nitrogens with zero attached hydrogens (tertiary/aromatic N) is 2. The third-order valence-electron chi connectivity index (χ3n) is 4.52. The molecule has 0 N–H and O–H groups in total. The van der Waals surface area contributed by atoms with Gasteiger partial charge in [0.2, 0.25) is 5.91 Å². The van der Waals surface area contributed by atoms with Crippen molar-refractivity contribution in [3.63, 3.8) is 0 Å². The third kappa shape index (κ3) is 3.84. The fourth-order valence-corrected chi connectivity index (χ4v) is 3.29. The highest BCUT2D eigenvalue weighted by molar-refractivity contribution is 5.77. The van der Waals surface area contributed by atoms with Crippen molar-refractivity contribution in [2.75, 3.05) is 39.4 Å². The SMILES string of the molecule is O=C(COCCc1ccccc1)N1CCN2C[C@@H](F)C[C@H]2C1. The predicted octanol–water partition coefficient (Wildman–Crippen LogP) is 1.50. The lowest BCUT2D eigenvalue weighted by atomic mass is 10.1. The summed E-state index contributed by atoms with van der Waals surface area (Å²) in [4.78, 5) is 16.1. The topological polar surface area (TPSA) is 32.8 Å². The molecule has 2 heterocycles. The number of alkyl halides is 1. The first kappa shape index (κ1) is 15.4. The van der Waals surface area contributed by atoms with Gasteiger partial charge in [-0.3, -0.25) is 9.69 Å². The van der Waals surface area contributed by atoms with E-state index in [0.717, 1.165) is 13.0 Å². The number of carbonyl (C=O) groups is 1. The van der Waals surface area contributed by atoms with Crippen LogP contribution in [-0.2, 0) is 16.0 Å². The molecule has 1 amide bonds. The molecular formula is C17H23FN2O2. The number of halogens is 1. The average molecular weight is 306 g/mol. The summed E-state index contributed by atoms with van der Waals surface area (Å²) in [5, 5.41) is 0. The molecule has 0 saturated carbocycles. The zero-order chi connectivity index (χ0) is 15.4. The molecule has 1 aromatic rings. The van der Waals surface area contributed by atoms with Crippen molar-refractivity contribution in [2.45, 2.75) is 25.1 Å². The van der Waals surface area contributed by atoms with Crippen LogP contribution in [0.1, 0.15) is 12.0 Å². The molecule has 0 unspecified atom stereocenters. The monoisotopic (exact) mass is 306 g/mol. The number of rotatable bonds is 5. The van der Waals surface area contributed by atoms with Crippen LogP contribution in [-0.4, -0.2) is 67.3 Å². The van der Waals surface area contributed by atoms with E-state index in [2.05, 4.69) is 17.0 Å². The number of hydrogen-bond donors (Lipinski definition) is 0. The van der Waals surface area contributed by atoms with E-state index in [9.17, 15) is 9.18 Å². The van der Waals surface area contributed by atoms with Crippen molar-refractivity contribution in [3.8, 4) is 0 Å². The molecule has 3 rings (SSSR count). The molecule has 4 nitrogen and oxygen atoms in total. The van der Waals surface area contributed by atoms with Gasteiger partial charge >= 0.3 is 0 Å². The fourth-order valence-electron chi connectivity index (χ4n) is 3.29. The molecule has 1 aromatic carbocycles. The minimum Gasteiger partial charge on any atom is -0.371 e. The smallest absolute Gasteiger partial charge is 0.248 e. The molecule has 120 valence electrons. The van der Waals surface area contributed by atoms with E-state index in [1.165, 1.54) is 5.56 Å². The Hall–Kier alpha value is -1.46. The van der Waals surface area contributed by atoms with Gasteiger partial charge in [-0.2, -0.15) is 0 Å². The maximum absolute atomic E-state index is 13.4. The zero-order valence-electron chi connectivity index (χ0n) is 12.8. The lowest BCUT2D eigenvalue weighted by Gasteiger charge is -2.37. The summed E-state index contributed by atoms with van der Waals surface area (Å²) in [6.45, 7) is 3.30. The van der Waals surface area contributed by atoms with Crippen molar-refractivity contribution in [2.24, 2.45) is 0 Å². The Labute approximate surface area is 130 Å². The molecule has 0 spiro atoms. The molecular weight excluding hydrogens is 283 g/mol. The molecule has 2 aliphatic heterocycles. The number of ether oxygens (including phenoxy) is 1. The second-order valence-electron chi connectivity index (χ2n) is 6.11. The number of benzene rings is 1. The second kappa shape index (κ2) is 7.20. The van der Waals surface area contributed by atoms with E-state index < -0.39 is 6.17 Å². The molecule has 22 heavy (non-hydrogen) atoms. The van der Waals surface area contributed by atoms with Gasteiger partial charge in [-0.1, -0.05) is 30.3 Å². The van der Waals surface area contributed by atoms with Crippen LogP contribution in [0.2, 0.25) is 0 Å². The van der Waals surface area contributed by atoms with Gasteiger partial charge in [-0.15, -0.1) is 0 Å². The van der Waals surface area contributed by atoms with Crippen molar-refractivity contribution < 1.29 is 13.9 Å². The summed E-state index contributed by atoms with van der Waals surface area (Å²) in [7, 11) is 0. The second-order valence-corrected chi connectivity index (χ2v) is 6.11. The van der Waals surface area contributed by atoms with Crippen LogP contribution in [0.3, 0.4) is 0 Å². The normalized spacial score (nSPS) is 25.2. The van der Waals surface area contributed by atoms with Gasteiger partial charge in [0.05, 0.1) is 6.61 Å². The lowest BCUT2D eigenvalue weighted by molar-refractivity contribution is -0.138. The van der Waals surface area contributed by atoms with Crippen molar-refractivity contribution in [1.82, 2.24) is 9.80 Å². The number of amides is 1. The molecule has 2 saturated heterocycles. The number of piperazine rings is 1. The Morgan fingerprint density at radius 2 is 2.05 bits per heavy atom. The van der Waals surface area contributed by atoms with Crippen molar-refractivity contribution >= 4 is 5.91 Å². The third-order valence-corrected chi connectivity index (χ3v) is 4.52. The van der Waals surface area contributed by atoms with Crippen LogP contribution in [0.15, 0.2) is 30.3 Å². The molecule has 0 aliphatic carbocycles. The molecule has 2 aliphatic rings. The van der Waals surface area contributed by atoms with Crippen LogP contribution < -0.4 is 0 Å². The van der Waals surface area contributed by atoms with Crippen molar-refractivity contribution in [1.29, 1.82) is 0 Å². The fraction of sp³-hybridized carbons (Fsp3) is 0.588. The number of carbonyl (C=O) groups excluding carboxylic acids is 1. The Bertz CT molecular complexity index is 497. The Balaban J connectivity index is 1.37. The molecule has 0 bridgehead atoms. The first-order valence-corrected chi connectivity index (χ1v) is 8.00. The van der Waals surface area contributed by atoms with E-state index in [-0.39, 0.29) is 18.6 Å². The van der Waals surface area contributed by atoms with Gasteiger partial charge in [0, 0.05) is 32.2 Å². The van der Waals surface area contributed by atoms with Crippen LogP contribution in [0.25, 0.3) is 0 Å². The highest BCUT2D eigenvalue weighted by Gasteiger charge is 2.37. The minimum absolute atomic E-state index is 0.0232. The summed E-state index contributed by atoms with van der Waals surface area (Å²) in [6, 6.07) is 10.3. The first-order chi connectivity index (χ1) is 10.7.